The zero-order valence-electron chi connectivity index (χ0n) is 10.6. The number of hydrogen-bond acceptors (Lipinski definition) is 5. The highest BCUT2D eigenvalue weighted by Crippen LogP contribution is 1.85. The maximum absolute atomic E-state index is 9.82. The molecule has 1 fully saturated rings. The Morgan fingerprint density at radius 2 is 1.31 bits per heavy atom. The molecule has 0 saturated carbocycles. The summed E-state index contributed by atoms with van der Waals surface area (Å²) in [7, 11) is 0. The summed E-state index contributed by atoms with van der Waals surface area (Å²) in [5.41, 5.74) is 0. The lowest BCUT2D eigenvalue weighted by Crippen LogP contribution is -2.16. The predicted molar refractivity (Wildman–Crippen MR) is 60.3 cm³/mol. The van der Waals surface area contributed by atoms with E-state index < -0.39 is 0 Å². The van der Waals surface area contributed by atoms with Crippen molar-refractivity contribution in [3.63, 3.8) is 0 Å². The predicted octanol–water partition coefficient (Wildman–Crippen LogP) is 1.20. The van der Waals surface area contributed by atoms with Crippen LogP contribution >= 0.6 is 0 Å². The smallest absolute Gasteiger partial charge is 0.302 e. The summed E-state index contributed by atoms with van der Waals surface area (Å²) in [5, 5.41) is 0. The maximum Gasteiger partial charge on any atom is 0.302 e. The van der Waals surface area contributed by atoms with E-state index in [0.29, 0.717) is 6.61 Å². The largest absolute Gasteiger partial charge is 0.466 e. The Morgan fingerprint density at radius 3 is 1.38 bits per heavy atom. The molecule has 5 nitrogen and oxygen atoms in total. The quantitative estimate of drug-likeness (QED) is 0.638. The number of rotatable bonds is 1. The van der Waals surface area contributed by atoms with Gasteiger partial charge in [0.05, 0.1) is 33.0 Å². The summed E-state index contributed by atoms with van der Waals surface area (Å²) < 4.78 is 14.3. The fourth-order valence-electron chi connectivity index (χ4n) is 0.643. The number of carbonyl (C=O) groups is 2. The molecule has 1 saturated heterocycles. The van der Waals surface area contributed by atoms with E-state index >= 15 is 0 Å². The molecule has 96 valence electrons. The van der Waals surface area contributed by atoms with Crippen LogP contribution in [0.2, 0.25) is 0 Å². The fraction of sp³-hybridized carbons (Fsp3) is 0.818. The van der Waals surface area contributed by atoms with Gasteiger partial charge < -0.3 is 19.0 Å². The molecular formula is C11H22O5. The summed E-state index contributed by atoms with van der Waals surface area (Å²) in [4.78, 5) is 19.3. The van der Waals surface area contributed by atoms with Crippen molar-refractivity contribution in [1.82, 2.24) is 0 Å². The molecular weight excluding hydrogens is 212 g/mol. The molecule has 0 amide bonds. The van der Waals surface area contributed by atoms with Gasteiger partial charge in [0.15, 0.2) is 0 Å². The van der Waals surface area contributed by atoms with E-state index in [1.807, 2.05) is 0 Å². The highest BCUT2D eigenvalue weighted by Gasteiger charge is 1.94. The van der Waals surface area contributed by atoms with Crippen LogP contribution in [0.4, 0.5) is 0 Å². The molecule has 0 aromatic carbocycles. The number of carbonyl (C=O) groups excluding carboxylic acids is 2. The van der Waals surface area contributed by atoms with Crippen molar-refractivity contribution in [3.8, 4) is 0 Å². The van der Waals surface area contributed by atoms with Crippen LogP contribution in [0.25, 0.3) is 0 Å². The zero-order chi connectivity index (χ0) is 12.8. The van der Waals surface area contributed by atoms with Gasteiger partial charge in [-0.15, -0.1) is 0 Å². The zero-order valence-corrected chi connectivity index (χ0v) is 10.6. The summed E-state index contributed by atoms with van der Waals surface area (Å²) in [6.45, 7) is 9.82. The number of hydrogen-bond donors (Lipinski definition) is 0. The fourth-order valence-corrected chi connectivity index (χ4v) is 0.643. The number of Topliss-reactive ketones (excluding diaryl/α,β-unsaturated/α-hetero) is 1. The standard InChI is InChI=1S/2C4H8O2.C3H6O/c1-2-6-4-3-5-1;1-3-6-4(2)5;1-3(2)4/h1-4H2;3H2,1-2H3;1-2H3. The van der Waals surface area contributed by atoms with Gasteiger partial charge in [0.2, 0.25) is 0 Å². The van der Waals surface area contributed by atoms with Gasteiger partial charge in [0.1, 0.15) is 5.78 Å². The van der Waals surface area contributed by atoms with Gasteiger partial charge in [0.25, 0.3) is 0 Å². The highest BCUT2D eigenvalue weighted by molar-refractivity contribution is 5.72. The van der Waals surface area contributed by atoms with Crippen LogP contribution in [0.5, 0.6) is 0 Å². The van der Waals surface area contributed by atoms with Gasteiger partial charge in [-0.3, -0.25) is 4.79 Å². The van der Waals surface area contributed by atoms with E-state index in [9.17, 15) is 9.59 Å². The average molecular weight is 234 g/mol. The van der Waals surface area contributed by atoms with E-state index in [4.69, 9.17) is 9.47 Å². The normalized spacial score (nSPS) is 13.5. The van der Waals surface area contributed by atoms with Crippen molar-refractivity contribution in [2.45, 2.75) is 27.7 Å². The minimum atomic E-state index is -0.211. The third-order valence-electron chi connectivity index (χ3n) is 1.09. The maximum atomic E-state index is 9.82. The van der Waals surface area contributed by atoms with Crippen molar-refractivity contribution in [2.75, 3.05) is 33.0 Å². The Kier molecular flexibility index (Phi) is 15.3. The van der Waals surface area contributed by atoms with Crippen LogP contribution in [0.3, 0.4) is 0 Å². The monoisotopic (exact) mass is 234 g/mol. The van der Waals surface area contributed by atoms with Crippen LogP contribution < -0.4 is 0 Å². The second-order valence-electron chi connectivity index (χ2n) is 3.06. The number of esters is 1. The number of ketones is 1. The first-order valence-electron chi connectivity index (χ1n) is 5.26. The summed E-state index contributed by atoms with van der Waals surface area (Å²) in [6.07, 6.45) is 0. The molecule has 0 aromatic heterocycles. The van der Waals surface area contributed by atoms with Crippen molar-refractivity contribution in [2.24, 2.45) is 0 Å². The van der Waals surface area contributed by atoms with Gasteiger partial charge in [-0.2, -0.15) is 0 Å². The highest BCUT2D eigenvalue weighted by atomic mass is 16.6. The van der Waals surface area contributed by atoms with Crippen molar-refractivity contribution in [3.05, 3.63) is 0 Å². The van der Waals surface area contributed by atoms with E-state index in [1.54, 1.807) is 6.92 Å². The molecule has 0 unspecified atom stereocenters. The van der Waals surface area contributed by atoms with Crippen LogP contribution in [0.15, 0.2) is 0 Å². The van der Waals surface area contributed by atoms with Crippen molar-refractivity contribution < 1.29 is 23.8 Å². The van der Waals surface area contributed by atoms with Crippen LogP contribution in [0.1, 0.15) is 27.7 Å². The molecule has 0 aromatic rings. The van der Waals surface area contributed by atoms with E-state index in [0.717, 1.165) is 26.4 Å². The van der Waals surface area contributed by atoms with Crippen molar-refractivity contribution in [1.29, 1.82) is 0 Å². The lowest BCUT2D eigenvalue weighted by molar-refractivity contribution is -0.140. The summed E-state index contributed by atoms with van der Waals surface area (Å²) >= 11 is 0. The minimum absolute atomic E-state index is 0.167. The van der Waals surface area contributed by atoms with Crippen LogP contribution in [0, 0.1) is 0 Å². The van der Waals surface area contributed by atoms with Gasteiger partial charge in [0, 0.05) is 6.92 Å². The van der Waals surface area contributed by atoms with Gasteiger partial charge in [-0.25, -0.2) is 0 Å². The van der Waals surface area contributed by atoms with Crippen LogP contribution in [-0.4, -0.2) is 44.8 Å². The van der Waals surface area contributed by atoms with E-state index in [2.05, 4.69) is 4.74 Å². The third kappa shape index (κ3) is 29.2. The Morgan fingerprint density at radius 1 is 1.00 bits per heavy atom. The Labute approximate surface area is 97.1 Å². The van der Waals surface area contributed by atoms with Crippen LogP contribution in [-0.2, 0) is 23.8 Å². The van der Waals surface area contributed by atoms with Gasteiger partial charge >= 0.3 is 5.97 Å². The van der Waals surface area contributed by atoms with Crippen molar-refractivity contribution >= 4 is 11.8 Å². The molecule has 1 aliphatic heterocycles. The first-order valence-corrected chi connectivity index (χ1v) is 5.26. The average Bonchev–Trinajstić information content (AvgIpc) is 2.20. The Balaban J connectivity index is 0. The second kappa shape index (κ2) is 14.1. The molecule has 5 heteroatoms. The summed E-state index contributed by atoms with van der Waals surface area (Å²) in [6, 6.07) is 0. The first-order chi connectivity index (χ1) is 7.50. The number of ether oxygens (including phenoxy) is 3. The topological polar surface area (TPSA) is 61.8 Å². The summed E-state index contributed by atoms with van der Waals surface area (Å²) in [5.74, 6) is -0.0440. The molecule has 1 aliphatic rings. The minimum Gasteiger partial charge on any atom is -0.466 e. The molecule has 0 N–H and O–H groups in total. The van der Waals surface area contributed by atoms with Gasteiger partial charge in [-0.1, -0.05) is 0 Å². The molecule has 0 bridgehead atoms. The third-order valence-corrected chi connectivity index (χ3v) is 1.09. The molecule has 0 spiro atoms. The molecule has 1 rings (SSSR count). The first kappa shape index (κ1) is 17.5. The van der Waals surface area contributed by atoms with Gasteiger partial charge in [-0.05, 0) is 20.8 Å². The molecule has 0 atom stereocenters. The SMILES string of the molecule is C1COCCO1.CC(C)=O.CCOC(C)=O. The molecule has 1 heterocycles. The lowest BCUT2D eigenvalue weighted by Gasteiger charge is -2.09. The molecule has 16 heavy (non-hydrogen) atoms. The molecule has 0 aliphatic carbocycles. The lowest BCUT2D eigenvalue weighted by atomic mass is 10.6. The van der Waals surface area contributed by atoms with E-state index in [1.165, 1.54) is 20.8 Å². The van der Waals surface area contributed by atoms with E-state index in [-0.39, 0.29) is 11.8 Å². The molecule has 0 radical (unpaired) electrons. The Hall–Kier alpha value is -0.940. The Bertz CT molecular complexity index is 160. The second-order valence-corrected chi connectivity index (χ2v) is 3.06.